The van der Waals surface area contributed by atoms with Gasteiger partial charge in [0, 0.05) is 12.1 Å². The molecular formula is C8H10N2O3S. The van der Waals surface area contributed by atoms with Crippen LogP contribution in [0, 0.1) is 0 Å². The lowest BCUT2D eigenvalue weighted by Crippen LogP contribution is -2.54. The van der Waals surface area contributed by atoms with Crippen molar-refractivity contribution in [3.8, 4) is 0 Å². The van der Waals surface area contributed by atoms with E-state index in [4.69, 9.17) is 10.1 Å². The molecule has 6 heteroatoms. The molecule has 0 spiro atoms. The molecule has 0 aliphatic heterocycles. The van der Waals surface area contributed by atoms with Crippen molar-refractivity contribution in [3.63, 3.8) is 0 Å². The summed E-state index contributed by atoms with van der Waals surface area (Å²) in [6.45, 7) is 0. The van der Waals surface area contributed by atoms with E-state index >= 15 is 0 Å². The first-order chi connectivity index (χ1) is 6.51. The molecule has 0 heterocycles. The maximum absolute atomic E-state index is 10.4. The van der Waals surface area contributed by atoms with Gasteiger partial charge in [-0.1, -0.05) is 12.1 Å². The maximum atomic E-state index is 10.4. The van der Waals surface area contributed by atoms with Crippen molar-refractivity contribution in [2.45, 2.75) is 6.42 Å². The second-order valence-electron chi connectivity index (χ2n) is 2.84. The molecule has 2 N–H and O–H groups in total. The summed E-state index contributed by atoms with van der Waals surface area (Å²) in [5, 5.41) is 1.96. The van der Waals surface area contributed by atoms with Crippen LogP contribution in [0.1, 0.15) is 5.56 Å². The van der Waals surface area contributed by atoms with Crippen LogP contribution in [0.4, 0.5) is 5.69 Å². The van der Waals surface area contributed by atoms with Gasteiger partial charge in [-0.2, -0.15) is 8.42 Å². The van der Waals surface area contributed by atoms with Crippen LogP contribution in [0.15, 0.2) is 24.3 Å². The van der Waals surface area contributed by atoms with Gasteiger partial charge >= 0.3 is 0 Å². The summed E-state index contributed by atoms with van der Waals surface area (Å²) in [6, 6.07) is 6.56. The number of aryl methyl sites for hydroxylation is 1. The Kier molecular flexibility index (Phi) is 3.32. The zero-order valence-corrected chi connectivity index (χ0v) is 8.16. The molecule has 0 amide bonds. The van der Waals surface area contributed by atoms with E-state index in [-0.39, 0.29) is 12.2 Å². The smallest absolute Gasteiger partial charge is 0.265 e. The summed E-state index contributed by atoms with van der Waals surface area (Å²) in [6.07, 6.45) is 0.255. The molecule has 1 aromatic carbocycles. The molecular weight excluding hydrogens is 204 g/mol. The SMILES string of the molecule is [N-]=[NH+]c1ccc(CCS(=O)(=O)O)cc1. The van der Waals surface area contributed by atoms with Gasteiger partial charge in [0.15, 0.2) is 5.69 Å². The lowest BCUT2D eigenvalue weighted by Gasteiger charge is -1.98. The van der Waals surface area contributed by atoms with E-state index in [9.17, 15) is 8.42 Å². The van der Waals surface area contributed by atoms with Gasteiger partial charge in [-0.25, -0.2) is 0 Å². The van der Waals surface area contributed by atoms with E-state index in [1.165, 1.54) is 0 Å². The molecule has 0 bridgehead atoms. The normalized spacial score (nSPS) is 11.2. The first kappa shape index (κ1) is 10.8. The fraction of sp³-hybridized carbons (Fsp3) is 0.250. The molecule has 0 saturated carbocycles. The molecule has 76 valence electrons. The summed E-state index contributed by atoms with van der Waals surface area (Å²) in [7, 11) is -3.90. The zero-order valence-electron chi connectivity index (χ0n) is 7.34. The lowest BCUT2D eigenvalue weighted by molar-refractivity contribution is -0.379. The average Bonchev–Trinajstić information content (AvgIpc) is 2.14. The second-order valence-corrected chi connectivity index (χ2v) is 4.42. The highest BCUT2D eigenvalue weighted by atomic mass is 32.2. The van der Waals surface area contributed by atoms with Crippen molar-refractivity contribution >= 4 is 15.8 Å². The topological polar surface area (TPSA) is 90.6 Å². The number of nitrogens with one attached hydrogen (secondary N) is 1. The van der Waals surface area contributed by atoms with Crippen LogP contribution in [0.3, 0.4) is 0 Å². The molecule has 0 fully saturated rings. The fourth-order valence-electron chi connectivity index (χ4n) is 0.993. The summed E-state index contributed by atoms with van der Waals surface area (Å²) < 4.78 is 29.4. The molecule has 1 rings (SSSR count). The number of hydrogen-bond acceptors (Lipinski definition) is 2. The standard InChI is InChI=1S/C8H10N2O3S/c9-10-8-3-1-7(2-4-8)5-6-14(11,12)13/h1-4,10H,5-6H2,(H,11,12,13). The van der Waals surface area contributed by atoms with Crippen molar-refractivity contribution in [2.24, 2.45) is 0 Å². The molecule has 0 unspecified atom stereocenters. The third kappa shape index (κ3) is 3.63. The molecule has 0 aliphatic rings. The van der Waals surface area contributed by atoms with Gasteiger partial charge in [0.1, 0.15) is 0 Å². The lowest BCUT2D eigenvalue weighted by atomic mass is 10.1. The molecule has 14 heavy (non-hydrogen) atoms. The van der Waals surface area contributed by atoms with Crippen LogP contribution in [0.2, 0.25) is 0 Å². The summed E-state index contributed by atoms with van der Waals surface area (Å²) >= 11 is 0. The highest BCUT2D eigenvalue weighted by Crippen LogP contribution is 2.05. The van der Waals surface area contributed by atoms with Crippen molar-refractivity contribution in [2.75, 3.05) is 5.75 Å². The van der Waals surface area contributed by atoms with Crippen molar-refractivity contribution < 1.29 is 18.1 Å². The summed E-state index contributed by atoms with van der Waals surface area (Å²) in [5.74, 6) is -0.293. The minimum absolute atomic E-state index is 0.255. The van der Waals surface area contributed by atoms with E-state index < -0.39 is 10.1 Å². The average molecular weight is 214 g/mol. The molecule has 5 nitrogen and oxygen atoms in total. The summed E-state index contributed by atoms with van der Waals surface area (Å²) in [5.41, 5.74) is 9.81. The Labute approximate surface area is 82.0 Å². The van der Waals surface area contributed by atoms with Crippen LogP contribution < -0.4 is 5.11 Å². The minimum Gasteiger partial charge on any atom is -0.502 e. The summed E-state index contributed by atoms with van der Waals surface area (Å²) in [4.78, 5) is 0. The number of nitrogens with zero attached hydrogens (tertiary/aromatic N) is 1. The number of hydrogen-bond donors (Lipinski definition) is 2. The van der Waals surface area contributed by atoms with E-state index in [0.717, 1.165) is 5.56 Å². The van der Waals surface area contributed by atoms with Crippen LogP contribution in [-0.2, 0) is 16.5 Å². The van der Waals surface area contributed by atoms with Crippen LogP contribution in [-0.4, -0.2) is 18.7 Å². The van der Waals surface area contributed by atoms with Crippen LogP contribution >= 0.6 is 0 Å². The van der Waals surface area contributed by atoms with E-state index in [2.05, 4.69) is 0 Å². The number of benzene rings is 1. The monoisotopic (exact) mass is 214 g/mol. The third-order valence-corrected chi connectivity index (χ3v) is 2.45. The van der Waals surface area contributed by atoms with Crippen molar-refractivity contribution in [1.29, 1.82) is 0 Å². The number of rotatable bonds is 4. The van der Waals surface area contributed by atoms with E-state index in [1.807, 2.05) is 5.11 Å². The quantitative estimate of drug-likeness (QED) is 0.539. The van der Waals surface area contributed by atoms with Gasteiger partial charge in [-0.15, -0.1) is 0 Å². The van der Waals surface area contributed by atoms with E-state index in [0.29, 0.717) is 5.69 Å². The Morgan fingerprint density at radius 2 is 1.86 bits per heavy atom. The molecule has 0 atom stereocenters. The van der Waals surface area contributed by atoms with Gasteiger partial charge in [-0.05, 0) is 12.0 Å². The van der Waals surface area contributed by atoms with Gasteiger partial charge in [0.05, 0.1) is 5.75 Å². The fourth-order valence-corrected chi connectivity index (χ4v) is 1.49. The molecule has 0 saturated heterocycles. The predicted molar refractivity (Wildman–Crippen MR) is 50.5 cm³/mol. The second kappa shape index (κ2) is 4.30. The first-order valence-corrected chi connectivity index (χ1v) is 5.56. The molecule has 0 aliphatic carbocycles. The zero-order chi connectivity index (χ0) is 10.6. The third-order valence-electron chi connectivity index (χ3n) is 1.73. The van der Waals surface area contributed by atoms with Gasteiger partial charge in [0.25, 0.3) is 10.1 Å². The highest BCUT2D eigenvalue weighted by molar-refractivity contribution is 7.85. The first-order valence-electron chi connectivity index (χ1n) is 3.95. The van der Waals surface area contributed by atoms with E-state index in [1.54, 1.807) is 24.3 Å². The molecule has 1 aromatic rings. The largest absolute Gasteiger partial charge is 0.502 e. The Morgan fingerprint density at radius 3 is 2.29 bits per heavy atom. The van der Waals surface area contributed by atoms with Gasteiger partial charge < -0.3 is 5.53 Å². The Morgan fingerprint density at radius 1 is 1.29 bits per heavy atom. The van der Waals surface area contributed by atoms with Gasteiger partial charge in [-0.3, -0.25) is 9.67 Å². The minimum atomic E-state index is -3.90. The molecule has 0 radical (unpaired) electrons. The highest BCUT2D eigenvalue weighted by Gasteiger charge is 2.04. The Hall–Kier alpha value is -1.27. The van der Waals surface area contributed by atoms with Crippen molar-refractivity contribution in [3.05, 3.63) is 35.4 Å². The maximum Gasteiger partial charge on any atom is 0.265 e. The van der Waals surface area contributed by atoms with Crippen LogP contribution in [0.5, 0.6) is 0 Å². The Bertz CT molecular complexity index is 411. The van der Waals surface area contributed by atoms with Crippen LogP contribution in [0.25, 0.3) is 5.53 Å². The Balaban J connectivity index is 2.65. The predicted octanol–water partition coefficient (Wildman–Crippen LogP) is -0.149. The molecule has 0 aromatic heterocycles. The van der Waals surface area contributed by atoms with Crippen molar-refractivity contribution in [1.82, 2.24) is 0 Å². The van der Waals surface area contributed by atoms with Gasteiger partial charge in [0.2, 0.25) is 0 Å².